The van der Waals surface area contributed by atoms with E-state index in [1.807, 2.05) is 0 Å². The number of halogens is 16. The fourth-order valence-electron chi connectivity index (χ4n) is 1.62. The second-order valence-electron chi connectivity index (χ2n) is 6.03. The van der Waals surface area contributed by atoms with E-state index in [1.54, 1.807) is 0 Å². The maximum atomic E-state index is 13.2. The Morgan fingerprint density at radius 3 is 1.00 bits per heavy atom. The molecule has 2 unspecified atom stereocenters. The number of carbonyl (C=O) groups excluding carboxylic acids is 2. The number of esters is 2. The number of hydrogen-bond acceptors (Lipinski definition) is 4. The fourth-order valence-corrected chi connectivity index (χ4v) is 1.62. The van der Waals surface area contributed by atoms with Gasteiger partial charge in [-0.3, -0.25) is 0 Å². The molecule has 0 aliphatic heterocycles. The van der Waals surface area contributed by atoms with Gasteiger partial charge in [0.2, 0.25) is 0 Å². The molecule has 20 heteroatoms. The predicted molar refractivity (Wildman–Crippen MR) is 72.2 cm³/mol. The first-order chi connectivity index (χ1) is 14.8. The fraction of sp³-hybridized carbons (Fsp3) is 0.714. The average Bonchev–Trinajstić information content (AvgIpc) is 2.55. The predicted octanol–water partition coefficient (Wildman–Crippen LogP) is 5.67. The number of ether oxygens (including phenoxy) is 2. The molecule has 200 valence electrons. The van der Waals surface area contributed by atoms with Crippen LogP contribution in [0.5, 0.6) is 0 Å². The summed E-state index contributed by atoms with van der Waals surface area (Å²) in [7, 11) is 0. The minimum Gasteiger partial charge on any atom is -0.393 e. The van der Waals surface area contributed by atoms with Crippen molar-refractivity contribution < 1.29 is 89.3 Å². The minimum absolute atomic E-state index is 0.819. The standard InChI is InChI=1S/C14H8F16O4/c15-5(3-9(17,18)19)11(23,24)13(27,28)33-7(31)1-2-8(32)34-14(29,30)12(25,26)6(16)4-10(20,21)22/h1-2,5-6H,3-4H2. The van der Waals surface area contributed by atoms with Gasteiger partial charge < -0.3 is 9.47 Å². The molecule has 2 atom stereocenters. The average molecular weight is 544 g/mol. The van der Waals surface area contributed by atoms with Gasteiger partial charge in [-0.25, -0.2) is 18.4 Å². The van der Waals surface area contributed by atoms with Gasteiger partial charge in [0, 0.05) is 12.2 Å². The lowest BCUT2D eigenvalue weighted by atomic mass is 10.1. The van der Waals surface area contributed by atoms with Crippen LogP contribution < -0.4 is 0 Å². The Labute approximate surface area is 176 Å². The van der Waals surface area contributed by atoms with Gasteiger partial charge in [0.1, 0.15) is 0 Å². The zero-order chi connectivity index (χ0) is 27.6. The van der Waals surface area contributed by atoms with Crippen molar-refractivity contribution in [3.05, 3.63) is 12.2 Å². The molecule has 34 heavy (non-hydrogen) atoms. The normalized spacial score (nSPS) is 16.4. The Bertz CT molecular complexity index is 692. The molecule has 0 aliphatic carbocycles. The summed E-state index contributed by atoms with van der Waals surface area (Å²) in [6, 6.07) is 0. The second-order valence-corrected chi connectivity index (χ2v) is 6.03. The molecule has 0 aromatic heterocycles. The van der Waals surface area contributed by atoms with Crippen molar-refractivity contribution in [1.29, 1.82) is 0 Å². The van der Waals surface area contributed by atoms with Crippen LogP contribution >= 0.6 is 0 Å². The summed E-state index contributed by atoms with van der Waals surface area (Å²) in [5.41, 5.74) is 0. The lowest BCUT2D eigenvalue weighted by Gasteiger charge is -2.28. The quantitative estimate of drug-likeness (QED) is 0.202. The minimum atomic E-state index is -6.33. The third-order valence-electron chi connectivity index (χ3n) is 3.20. The Kier molecular flexibility index (Phi) is 9.32. The van der Waals surface area contributed by atoms with Crippen molar-refractivity contribution in [2.75, 3.05) is 0 Å². The van der Waals surface area contributed by atoms with Gasteiger partial charge >= 0.3 is 48.4 Å². The Morgan fingerprint density at radius 2 is 0.794 bits per heavy atom. The first kappa shape index (κ1) is 31.6. The van der Waals surface area contributed by atoms with E-state index < -0.39 is 85.7 Å². The van der Waals surface area contributed by atoms with Crippen LogP contribution in [0.1, 0.15) is 12.8 Å². The van der Waals surface area contributed by atoms with Crippen molar-refractivity contribution in [2.45, 2.75) is 61.6 Å². The van der Waals surface area contributed by atoms with Crippen LogP contribution in [-0.2, 0) is 19.1 Å². The Hall–Kier alpha value is -2.44. The van der Waals surface area contributed by atoms with E-state index in [9.17, 15) is 79.8 Å². The molecule has 0 bridgehead atoms. The number of rotatable bonds is 10. The van der Waals surface area contributed by atoms with Gasteiger partial charge in [-0.15, -0.1) is 0 Å². The largest absolute Gasteiger partial charge is 0.469 e. The molecule has 0 rings (SSSR count). The molecule has 0 saturated carbocycles. The van der Waals surface area contributed by atoms with Crippen LogP contribution in [0.3, 0.4) is 0 Å². The van der Waals surface area contributed by atoms with Crippen molar-refractivity contribution in [3.8, 4) is 0 Å². The highest BCUT2D eigenvalue weighted by Gasteiger charge is 2.68. The molecule has 4 nitrogen and oxygen atoms in total. The van der Waals surface area contributed by atoms with E-state index in [0.29, 0.717) is 0 Å². The van der Waals surface area contributed by atoms with Crippen molar-refractivity contribution in [3.63, 3.8) is 0 Å². The summed E-state index contributed by atoms with van der Waals surface area (Å²) in [6.45, 7) is 0. The molecule has 0 spiro atoms. The first-order valence-corrected chi connectivity index (χ1v) is 7.82. The van der Waals surface area contributed by atoms with Gasteiger partial charge in [-0.05, 0) is 0 Å². The molecule has 0 saturated heterocycles. The van der Waals surface area contributed by atoms with Crippen LogP contribution in [-0.4, -0.2) is 60.7 Å². The lowest BCUT2D eigenvalue weighted by molar-refractivity contribution is -0.350. The van der Waals surface area contributed by atoms with Crippen LogP contribution in [0, 0.1) is 0 Å². The molecular weight excluding hydrogens is 536 g/mol. The van der Waals surface area contributed by atoms with E-state index in [0.717, 1.165) is 0 Å². The number of carbonyl (C=O) groups is 2. The van der Waals surface area contributed by atoms with Crippen LogP contribution in [0.15, 0.2) is 12.2 Å². The zero-order valence-electron chi connectivity index (χ0n) is 15.4. The lowest BCUT2D eigenvalue weighted by Crippen LogP contribution is -2.51. The van der Waals surface area contributed by atoms with Crippen molar-refractivity contribution in [2.24, 2.45) is 0 Å². The van der Waals surface area contributed by atoms with Gasteiger partial charge in [0.25, 0.3) is 0 Å². The summed E-state index contributed by atoms with van der Waals surface area (Å²) >= 11 is 0. The SMILES string of the molecule is O=C(C=CC(=O)OC(F)(F)C(F)(F)C(F)CC(F)(F)F)OC(F)(F)C(F)(F)C(F)CC(F)(F)F. The van der Waals surface area contributed by atoms with Crippen LogP contribution in [0.4, 0.5) is 70.2 Å². The summed E-state index contributed by atoms with van der Waals surface area (Å²) < 4.78 is 207. The molecule has 0 N–H and O–H groups in total. The molecular formula is C14H8F16O4. The highest BCUT2D eigenvalue weighted by atomic mass is 19.4. The molecule has 0 aromatic carbocycles. The van der Waals surface area contributed by atoms with Gasteiger partial charge in [-0.1, -0.05) is 0 Å². The maximum Gasteiger partial charge on any atom is 0.469 e. The van der Waals surface area contributed by atoms with Crippen LogP contribution in [0.25, 0.3) is 0 Å². The number of alkyl halides is 16. The zero-order valence-corrected chi connectivity index (χ0v) is 15.4. The third kappa shape index (κ3) is 8.73. The molecule has 0 aliphatic rings. The summed E-state index contributed by atoms with van der Waals surface area (Å²) in [5.74, 6) is -18.4. The van der Waals surface area contributed by atoms with E-state index in [1.165, 1.54) is 0 Å². The van der Waals surface area contributed by atoms with Gasteiger partial charge in [0.05, 0.1) is 12.8 Å². The summed E-state index contributed by atoms with van der Waals surface area (Å²) in [4.78, 5) is 21.9. The summed E-state index contributed by atoms with van der Waals surface area (Å²) in [5, 5.41) is 0. The highest BCUT2D eigenvalue weighted by Crippen LogP contribution is 2.44. The molecule has 0 amide bonds. The van der Waals surface area contributed by atoms with E-state index in [-0.39, 0.29) is 0 Å². The molecule has 0 heterocycles. The second kappa shape index (κ2) is 10.0. The summed E-state index contributed by atoms with van der Waals surface area (Å²) in [6.07, 6.45) is -41.4. The van der Waals surface area contributed by atoms with Crippen molar-refractivity contribution in [1.82, 2.24) is 0 Å². The topological polar surface area (TPSA) is 52.6 Å². The Morgan fingerprint density at radius 1 is 0.559 bits per heavy atom. The first-order valence-electron chi connectivity index (χ1n) is 7.82. The monoisotopic (exact) mass is 544 g/mol. The highest BCUT2D eigenvalue weighted by molar-refractivity contribution is 5.91. The van der Waals surface area contributed by atoms with Crippen molar-refractivity contribution >= 4 is 11.9 Å². The van der Waals surface area contributed by atoms with E-state index >= 15 is 0 Å². The smallest absolute Gasteiger partial charge is 0.393 e. The van der Waals surface area contributed by atoms with Gasteiger partial charge in [0.15, 0.2) is 12.3 Å². The molecule has 0 radical (unpaired) electrons. The Balaban J connectivity index is 5.29. The van der Waals surface area contributed by atoms with Crippen LogP contribution in [0.2, 0.25) is 0 Å². The van der Waals surface area contributed by atoms with Gasteiger partial charge in [-0.2, -0.15) is 61.5 Å². The molecule has 0 aromatic rings. The third-order valence-corrected chi connectivity index (χ3v) is 3.20. The van der Waals surface area contributed by atoms with E-state index in [4.69, 9.17) is 0 Å². The van der Waals surface area contributed by atoms with E-state index in [2.05, 4.69) is 9.47 Å². The number of hydrogen-bond donors (Lipinski definition) is 0. The molecule has 0 fully saturated rings. The maximum absolute atomic E-state index is 13.2.